The molecule has 2 aromatic rings. The highest BCUT2D eigenvalue weighted by Crippen LogP contribution is 2.31. The van der Waals surface area contributed by atoms with Gasteiger partial charge in [0.05, 0.1) is 17.8 Å². The number of nitrogens with two attached hydrogens (primary N) is 1. The third-order valence-corrected chi connectivity index (χ3v) is 3.93. The monoisotopic (exact) mass is 244 g/mol. The Morgan fingerprint density at radius 2 is 2.28 bits per heavy atom. The molecule has 2 aromatic heterocycles. The molecule has 1 aliphatic heterocycles. The molecule has 4 heteroatoms. The summed E-state index contributed by atoms with van der Waals surface area (Å²) >= 11 is 0. The summed E-state index contributed by atoms with van der Waals surface area (Å²) in [5, 5.41) is 0. The molecule has 0 radical (unpaired) electrons. The Labute approximate surface area is 107 Å². The zero-order chi connectivity index (χ0) is 12.5. The van der Waals surface area contributed by atoms with Crippen molar-refractivity contribution in [2.24, 2.45) is 0 Å². The minimum absolute atomic E-state index is 0.413. The molecule has 0 aromatic carbocycles. The normalized spacial score (nSPS) is 21.5. The van der Waals surface area contributed by atoms with Gasteiger partial charge in [-0.25, -0.2) is 4.98 Å². The molecule has 96 valence electrons. The average Bonchev–Trinajstić information content (AvgIpc) is 2.84. The molecular weight excluding hydrogens is 224 g/mol. The van der Waals surface area contributed by atoms with Gasteiger partial charge < -0.3 is 5.73 Å². The van der Waals surface area contributed by atoms with Crippen LogP contribution in [0.15, 0.2) is 24.4 Å². The van der Waals surface area contributed by atoms with Gasteiger partial charge in [-0.1, -0.05) is 19.4 Å². The van der Waals surface area contributed by atoms with Crippen molar-refractivity contribution in [3.05, 3.63) is 30.2 Å². The summed E-state index contributed by atoms with van der Waals surface area (Å²) in [5.41, 5.74) is 7.19. The van der Waals surface area contributed by atoms with Crippen molar-refractivity contribution in [2.45, 2.75) is 32.2 Å². The summed E-state index contributed by atoms with van der Waals surface area (Å²) in [7, 11) is 0. The number of hydrogen-bond donors (Lipinski definition) is 1. The molecule has 1 aliphatic rings. The van der Waals surface area contributed by atoms with Crippen LogP contribution in [0, 0.1) is 0 Å². The van der Waals surface area contributed by atoms with E-state index in [1.807, 2.05) is 18.3 Å². The highest BCUT2D eigenvalue weighted by Gasteiger charge is 2.26. The van der Waals surface area contributed by atoms with E-state index in [9.17, 15) is 0 Å². The zero-order valence-electron chi connectivity index (χ0n) is 10.8. The summed E-state index contributed by atoms with van der Waals surface area (Å²) in [6.45, 7) is 4.46. The summed E-state index contributed by atoms with van der Waals surface area (Å²) in [6, 6.07) is 6.40. The first-order chi connectivity index (χ1) is 8.81. The van der Waals surface area contributed by atoms with Gasteiger partial charge in [-0.2, -0.15) is 0 Å². The van der Waals surface area contributed by atoms with Crippen molar-refractivity contribution >= 4 is 11.3 Å². The van der Waals surface area contributed by atoms with E-state index in [1.165, 1.54) is 25.8 Å². The van der Waals surface area contributed by atoms with Crippen molar-refractivity contribution in [2.75, 3.05) is 18.8 Å². The van der Waals surface area contributed by atoms with Gasteiger partial charge in [-0.3, -0.25) is 9.30 Å². The van der Waals surface area contributed by atoms with Gasteiger partial charge >= 0.3 is 0 Å². The predicted octanol–water partition coefficient (Wildman–Crippen LogP) is 2.46. The van der Waals surface area contributed by atoms with Crippen LogP contribution < -0.4 is 5.73 Å². The van der Waals surface area contributed by atoms with Crippen LogP contribution in [0.3, 0.4) is 0 Å². The van der Waals surface area contributed by atoms with E-state index >= 15 is 0 Å². The van der Waals surface area contributed by atoms with Crippen molar-refractivity contribution < 1.29 is 0 Å². The van der Waals surface area contributed by atoms with Crippen LogP contribution in [0.5, 0.6) is 0 Å². The fourth-order valence-electron chi connectivity index (χ4n) is 3.00. The average molecular weight is 244 g/mol. The third-order valence-electron chi connectivity index (χ3n) is 3.93. The minimum Gasteiger partial charge on any atom is -0.385 e. The molecule has 18 heavy (non-hydrogen) atoms. The largest absolute Gasteiger partial charge is 0.385 e. The van der Waals surface area contributed by atoms with Crippen LogP contribution in [0.1, 0.15) is 38.1 Å². The maximum atomic E-state index is 6.10. The summed E-state index contributed by atoms with van der Waals surface area (Å²) in [4.78, 5) is 7.12. The maximum Gasteiger partial charge on any atom is 0.132 e. The van der Waals surface area contributed by atoms with Crippen LogP contribution in [0.4, 0.5) is 5.82 Å². The quantitative estimate of drug-likeness (QED) is 0.882. The number of rotatable bonds is 2. The van der Waals surface area contributed by atoms with Crippen molar-refractivity contribution in [3.8, 4) is 0 Å². The van der Waals surface area contributed by atoms with Crippen molar-refractivity contribution in [1.29, 1.82) is 0 Å². The number of aromatic nitrogens is 2. The molecule has 1 atom stereocenters. The van der Waals surface area contributed by atoms with E-state index in [-0.39, 0.29) is 0 Å². The molecular formula is C14H20N4. The van der Waals surface area contributed by atoms with E-state index < -0.39 is 0 Å². The number of pyridine rings is 1. The number of imidazole rings is 1. The van der Waals surface area contributed by atoms with Crippen molar-refractivity contribution in [3.63, 3.8) is 0 Å². The van der Waals surface area contributed by atoms with E-state index in [1.54, 1.807) is 0 Å². The second kappa shape index (κ2) is 4.61. The van der Waals surface area contributed by atoms with Gasteiger partial charge in [0, 0.05) is 0 Å². The molecule has 2 N–H and O–H groups in total. The number of nitrogens with zero attached hydrogens (tertiary/aromatic N) is 3. The Bertz CT molecular complexity index is 546. The minimum atomic E-state index is 0.413. The zero-order valence-corrected chi connectivity index (χ0v) is 10.8. The summed E-state index contributed by atoms with van der Waals surface area (Å²) in [6.07, 6.45) is 5.68. The van der Waals surface area contributed by atoms with Crippen LogP contribution in [-0.2, 0) is 0 Å². The highest BCUT2D eigenvalue weighted by atomic mass is 15.2. The van der Waals surface area contributed by atoms with Crippen LogP contribution in [0.2, 0.25) is 0 Å². The Kier molecular flexibility index (Phi) is 2.96. The lowest BCUT2D eigenvalue weighted by atomic mass is 10.0. The third kappa shape index (κ3) is 1.77. The SMILES string of the molecule is CCN1CCCCC1c1ncc2cccc(N)n12. The second-order valence-electron chi connectivity index (χ2n) is 4.97. The Morgan fingerprint density at radius 1 is 1.39 bits per heavy atom. The predicted molar refractivity (Wildman–Crippen MR) is 73.4 cm³/mol. The molecule has 1 fully saturated rings. The van der Waals surface area contributed by atoms with Crippen LogP contribution >= 0.6 is 0 Å². The van der Waals surface area contributed by atoms with Gasteiger partial charge in [-0.15, -0.1) is 0 Å². The number of nitrogen functional groups attached to an aromatic ring is 1. The topological polar surface area (TPSA) is 46.6 Å². The molecule has 0 aliphatic carbocycles. The van der Waals surface area contributed by atoms with E-state index in [0.717, 1.165) is 23.7 Å². The number of piperidine rings is 1. The van der Waals surface area contributed by atoms with Crippen molar-refractivity contribution in [1.82, 2.24) is 14.3 Å². The molecule has 0 saturated carbocycles. The molecule has 3 heterocycles. The Morgan fingerprint density at radius 3 is 3.11 bits per heavy atom. The molecule has 4 nitrogen and oxygen atoms in total. The lowest BCUT2D eigenvalue weighted by Crippen LogP contribution is -2.34. The first-order valence-electron chi connectivity index (χ1n) is 6.77. The van der Waals surface area contributed by atoms with Gasteiger partial charge in [0.25, 0.3) is 0 Å². The Hall–Kier alpha value is -1.55. The standard InChI is InChI=1S/C14H20N4/c1-2-17-9-4-3-7-12(17)14-16-10-11-6-5-8-13(15)18(11)14/h5-6,8,10,12H,2-4,7,9,15H2,1H3. The summed E-state index contributed by atoms with van der Waals surface area (Å²) < 4.78 is 2.10. The summed E-state index contributed by atoms with van der Waals surface area (Å²) in [5.74, 6) is 1.88. The first kappa shape index (κ1) is 11.5. The maximum absolute atomic E-state index is 6.10. The van der Waals surface area contributed by atoms with Gasteiger partial charge in [0.2, 0.25) is 0 Å². The van der Waals surface area contributed by atoms with Gasteiger partial charge in [0.1, 0.15) is 11.6 Å². The smallest absolute Gasteiger partial charge is 0.132 e. The number of hydrogen-bond acceptors (Lipinski definition) is 3. The lowest BCUT2D eigenvalue weighted by Gasteiger charge is -2.34. The number of fused-ring (bicyclic) bond motifs is 1. The lowest BCUT2D eigenvalue weighted by molar-refractivity contribution is 0.150. The highest BCUT2D eigenvalue weighted by molar-refractivity contribution is 5.53. The molecule has 0 bridgehead atoms. The van der Waals surface area contributed by atoms with E-state index in [0.29, 0.717) is 6.04 Å². The van der Waals surface area contributed by atoms with Gasteiger partial charge in [-0.05, 0) is 38.1 Å². The first-order valence-corrected chi connectivity index (χ1v) is 6.77. The van der Waals surface area contributed by atoms with Crippen LogP contribution in [-0.4, -0.2) is 27.4 Å². The van der Waals surface area contributed by atoms with Crippen LogP contribution in [0.25, 0.3) is 5.52 Å². The Balaban J connectivity index is 2.07. The number of likely N-dealkylation sites (tertiary alicyclic amines) is 1. The fourth-order valence-corrected chi connectivity index (χ4v) is 3.00. The molecule has 1 saturated heterocycles. The molecule has 1 unspecified atom stereocenters. The fraction of sp³-hybridized carbons (Fsp3) is 0.500. The molecule has 3 rings (SSSR count). The van der Waals surface area contributed by atoms with E-state index in [2.05, 4.69) is 27.3 Å². The van der Waals surface area contributed by atoms with Gasteiger partial charge in [0.15, 0.2) is 0 Å². The molecule has 0 spiro atoms. The second-order valence-corrected chi connectivity index (χ2v) is 4.97. The number of anilines is 1. The van der Waals surface area contributed by atoms with E-state index in [4.69, 9.17) is 5.73 Å². The molecule has 0 amide bonds.